The number of benzene rings is 2. The summed E-state index contributed by atoms with van der Waals surface area (Å²) >= 11 is 0. The van der Waals surface area contributed by atoms with Crippen molar-refractivity contribution in [3.8, 4) is 5.75 Å². The summed E-state index contributed by atoms with van der Waals surface area (Å²) in [6, 6.07) is 11.9. The number of carbonyl (C=O) groups is 1. The van der Waals surface area contributed by atoms with Gasteiger partial charge in [-0.15, -0.1) is 0 Å². The lowest BCUT2D eigenvalue weighted by Crippen LogP contribution is -2.22. The molecule has 0 aliphatic rings. The number of nitrogens with zero attached hydrogens (tertiary/aromatic N) is 1. The number of pyridine rings is 1. The van der Waals surface area contributed by atoms with E-state index in [-0.39, 0.29) is 30.0 Å². The number of anilines is 1. The molecule has 5 nitrogen and oxygen atoms in total. The maximum Gasteiger partial charge on any atom is 0.244 e. The highest BCUT2D eigenvalue weighted by molar-refractivity contribution is 5.90. The summed E-state index contributed by atoms with van der Waals surface area (Å²) in [6.45, 7) is 3.69. The standard InChI is InChI=1S/C22H20F2N2O3/c1-14-5-3-4-6-16(14)13-29-21-11-26(15(2)9-20(21)27)12-22(28)25-19-8-7-17(23)10-18(19)24/h3-11H,12-13H2,1-2H3,(H,25,28). The van der Waals surface area contributed by atoms with Crippen molar-refractivity contribution in [2.45, 2.75) is 27.0 Å². The average molecular weight is 398 g/mol. The lowest BCUT2D eigenvalue weighted by molar-refractivity contribution is -0.116. The Morgan fingerprint density at radius 3 is 2.59 bits per heavy atom. The first-order valence-corrected chi connectivity index (χ1v) is 8.97. The van der Waals surface area contributed by atoms with Crippen LogP contribution in [0.25, 0.3) is 0 Å². The van der Waals surface area contributed by atoms with Gasteiger partial charge in [-0.05, 0) is 37.1 Å². The number of ether oxygens (including phenoxy) is 1. The first-order chi connectivity index (χ1) is 13.8. The number of nitrogens with one attached hydrogen (secondary N) is 1. The van der Waals surface area contributed by atoms with Crippen LogP contribution in [0.3, 0.4) is 0 Å². The molecule has 0 saturated carbocycles. The van der Waals surface area contributed by atoms with Gasteiger partial charge in [0.15, 0.2) is 5.75 Å². The van der Waals surface area contributed by atoms with Crippen LogP contribution in [-0.4, -0.2) is 10.5 Å². The number of hydrogen-bond donors (Lipinski definition) is 1. The van der Waals surface area contributed by atoms with E-state index in [2.05, 4.69) is 5.32 Å². The lowest BCUT2D eigenvalue weighted by Gasteiger charge is -2.14. The van der Waals surface area contributed by atoms with Crippen LogP contribution >= 0.6 is 0 Å². The number of halogens is 2. The molecule has 0 fully saturated rings. The predicted molar refractivity (Wildman–Crippen MR) is 106 cm³/mol. The van der Waals surface area contributed by atoms with Gasteiger partial charge >= 0.3 is 0 Å². The number of hydrogen-bond acceptors (Lipinski definition) is 3. The second kappa shape index (κ2) is 8.68. The monoisotopic (exact) mass is 398 g/mol. The maximum absolute atomic E-state index is 13.7. The van der Waals surface area contributed by atoms with Crippen LogP contribution in [0.4, 0.5) is 14.5 Å². The van der Waals surface area contributed by atoms with E-state index >= 15 is 0 Å². The topological polar surface area (TPSA) is 60.3 Å². The van der Waals surface area contributed by atoms with Crippen LogP contribution in [0, 0.1) is 25.5 Å². The fourth-order valence-corrected chi connectivity index (χ4v) is 2.79. The number of amides is 1. The van der Waals surface area contributed by atoms with Crippen molar-refractivity contribution in [1.82, 2.24) is 4.57 Å². The molecule has 3 rings (SSSR count). The summed E-state index contributed by atoms with van der Waals surface area (Å²) in [7, 11) is 0. The van der Waals surface area contributed by atoms with E-state index in [4.69, 9.17) is 4.74 Å². The Labute approximate surface area is 166 Å². The first kappa shape index (κ1) is 20.3. The number of rotatable bonds is 6. The van der Waals surface area contributed by atoms with Crippen molar-refractivity contribution in [1.29, 1.82) is 0 Å². The number of aromatic nitrogens is 1. The van der Waals surface area contributed by atoms with Gasteiger partial charge in [0.1, 0.15) is 24.8 Å². The van der Waals surface area contributed by atoms with Crippen molar-refractivity contribution in [3.63, 3.8) is 0 Å². The molecule has 0 aliphatic carbocycles. The van der Waals surface area contributed by atoms with Gasteiger partial charge in [-0.25, -0.2) is 8.78 Å². The summed E-state index contributed by atoms with van der Waals surface area (Å²) in [4.78, 5) is 24.5. The highest BCUT2D eigenvalue weighted by atomic mass is 19.1. The van der Waals surface area contributed by atoms with Gasteiger partial charge in [-0.2, -0.15) is 0 Å². The largest absolute Gasteiger partial charge is 0.483 e. The van der Waals surface area contributed by atoms with Gasteiger partial charge in [-0.3, -0.25) is 9.59 Å². The lowest BCUT2D eigenvalue weighted by atomic mass is 10.1. The third-order valence-electron chi connectivity index (χ3n) is 4.47. The van der Waals surface area contributed by atoms with Crippen molar-refractivity contribution in [2.24, 2.45) is 0 Å². The molecule has 1 heterocycles. The second-order valence-electron chi connectivity index (χ2n) is 6.66. The van der Waals surface area contributed by atoms with E-state index in [1.165, 1.54) is 16.8 Å². The Morgan fingerprint density at radius 1 is 1.10 bits per heavy atom. The minimum Gasteiger partial charge on any atom is -0.483 e. The summed E-state index contributed by atoms with van der Waals surface area (Å²) in [5, 5.41) is 2.39. The Kier molecular flexibility index (Phi) is 6.07. The summed E-state index contributed by atoms with van der Waals surface area (Å²) in [6.07, 6.45) is 1.45. The van der Waals surface area contributed by atoms with Crippen LogP contribution in [0.5, 0.6) is 5.75 Å². The zero-order valence-electron chi connectivity index (χ0n) is 16.0. The quantitative estimate of drug-likeness (QED) is 0.684. The maximum atomic E-state index is 13.7. The molecular weight excluding hydrogens is 378 g/mol. The summed E-state index contributed by atoms with van der Waals surface area (Å²) < 4.78 is 33.9. The van der Waals surface area contributed by atoms with Crippen molar-refractivity contribution < 1.29 is 18.3 Å². The van der Waals surface area contributed by atoms with E-state index in [9.17, 15) is 18.4 Å². The molecule has 150 valence electrons. The number of carbonyl (C=O) groups excluding carboxylic acids is 1. The van der Waals surface area contributed by atoms with Crippen LogP contribution in [0.15, 0.2) is 59.5 Å². The Balaban J connectivity index is 1.73. The van der Waals surface area contributed by atoms with E-state index in [0.29, 0.717) is 11.8 Å². The minimum atomic E-state index is -0.864. The average Bonchev–Trinajstić information content (AvgIpc) is 2.66. The van der Waals surface area contributed by atoms with E-state index in [0.717, 1.165) is 23.3 Å². The molecule has 1 aromatic heterocycles. The van der Waals surface area contributed by atoms with Gasteiger partial charge in [0.2, 0.25) is 11.3 Å². The molecule has 0 spiro atoms. The van der Waals surface area contributed by atoms with E-state index in [1.807, 2.05) is 31.2 Å². The van der Waals surface area contributed by atoms with Crippen molar-refractivity contribution in [3.05, 3.63) is 93.4 Å². The molecule has 0 radical (unpaired) electrons. The molecule has 0 unspecified atom stereocenters. The normalized spacial score (nSPS) is 10.6. The fourth-order valence-electron chi connectivity index (χ4n) is 2.79. The molecule has 1 N–H and O–H groups in total. The van der Waals surface area contributed by atoms with E-state index in [1.54, 1.807) is 6.92 Å². The van der Waals surface area contributed by atoms with Gasteiger partial charge in [0, 0.05) is 17.8 Å². The van der Waals surface area contributed by atoms with Gasteiger partial charge in [-0.1, -0.05) is 24.3 Å². The molecule has 0 aliphatic heterocycles. The predicted octanol–water partition coefficient (Wildman–Crippen LogP) is 3.96. The Bertz CT molecular complexity index is 1110. The minimum absolute atomic E-state index is 0.111. The first-order valence-electron chi connectivity index (χ1n) is 8.97. The van der Waals surface area contributed by atoms with Crippen LogP contribution in [0.2, 0.25) is 0 Å². The molecule has 1 amide bonds. The van der Waals surface area contributed by atoms with Gasteiger partial charge in [0.05, 0.1) is 11.9 Å². The van der Waals surface area contributed by atoms with Gasteiger partial charge < -0.3 is 14.6 Å². The fraction of sp³-hybridized carbons (Fsp3) is 0.182. The SMILES string of the molecule is Cc1ccccc1COc1cn(CC(=O)Nc2ccc(F)cc2F)c(C)cc1=O. The van der Waals surface area contributed by atoms with Crippen molar-refractivity contribution >= 4 is 11.6 Å². The van der Waals surface area contributed by atoms with Crippen LogP contribution in [-0.2, 0) is 17.9 Å². The molecule has 29 heavy (non-hydrogen) atoms. The molecule has 0 atom stereocenters. The zero-order valence-corrected chi connectivity index (χ0v) is 16.0. The molecule has 7 heteroatoms. The Hall–Kier alpha value is -3.48. The zero-order chi connectivity index (χ0) is 21.0. The molecule has 2 aromatic carbocycles. The third kappa shape index (κ3) is 5.07. The molecule has 3 aromatic rings. The highest BCUT2D eigenvalue weighted by Gasteiger charge is 2.12. The smallest absolute Gasteiger partial charge is 0.244 e. The molecular formula is C22H20F2N2O3. The highest BCUT2D eigenvalue weighted by Crippen LogP contribution is 2.16. The summed E-state index contributed by atoms with van der Waals surface area (Å²) in [5.41, 5.74) is 2.13. The summed E-state index contributed by atoms with van der Waals surface area (Å²) in [5.74, 6) is -2.00. The molecule has 0 bridgehead atoms. The Morgan fingerprint density at radius 2 is 1.86 bits per heavy atom. The van der Waals surface area contributed by atoms with Crippen LogP contribution in [0.1, 0.15) is 16.8 Å². The van der Waals surface area contributed by atoms with Crippen molar-refractivity contribution in [2.75, 3.05) is 5.32 Å². The van der Waals surface area contributed by atoms with E-state index < -0.39 is 17.5 Å². The molecule has 0 saturated heterocycles. The van der Waals surface area contributed by atoms with Crippen LogP contribution < -0.4 is 15.5 Å². The second-order valence-corrected chi connectivity index (χ2v) is 6.66. The number of aryl methyl sites for hydroxylation is 2. The third-order valence-corrected chi connectivity index (χ3v) is 4.47. The van der Waals surface area contributed by atoms with Gasteiger partial charge in [0.25, 0.3) is 0 Å².